The van der Waals surface area contributed by atoms with E-state index in [9.17, 15) is 14.0 Å². The van der Waals surface area contributed by atoms with Crippen molar-refractivity contribution in [2.24, 2.45) is 0 Å². The first-order chi connectivity index (χ1) is 11.9. The first-order valence-electron chi connectivity index (χ1n) is 7.85. The predicted octanol–water partition coefficient (Wildman–Crippen LogP) is 4.33. The lowest BCUT2D eigenvalue weighted by Crippen LogP contribution is -2.22. The summed E-state index contributed by atoms with van der Waals surface area (Å²) >= 11 is 5.86. The zero-order valence-corrected chi connectivity index (χ0v) is 14.8. The van der Waals surface area contributed by atoms with E-state index in [-0.39, 0.29) is 22.9 Å². The zero-order valence-electron chi connectivity index (χ0n) is 14.0. The number of hydrogen-bond acceptors (Lipinski definition) is 3. The normalized spacial score (nSPS) is 10.6. The fourth-order valence-electron chi connectivity index (χ4n) is 2.34. The molecule has 0 radical (unpaired) electrons. The van der Waals surface area contributed by atoms with Gasteiger partial charge in [0, 0.05) is 16.3 Å². The van der Waals surface area contributed by atoms with Gasteiger partial charge in [-0.3, -0.25) is 9.59 Å². The molecule has 0 aliphatic carbocycles. The number of carbonyl (C=O) groups is 2. The Morgan fingerprint density at radius 1 is 1.16 bits per heavy atom. The number of amides is 1. The molecule has 132 valence electrons. The number of para-hydroxylation sites is 1. The lowest BCUT2D eigenvalue weighted by atomic mass is 10.0. The molecule has 0 saturated heterocycles. The van der Waals surface area contributed by atoms with Crippen LogP contribution in [0.25, 0.3) is 0 Å². The van der Waals surface area contributed by atoms with Crippen LogP contribution in [0.1, 0.15) is 30.9 Å². The minimum atomic E-state index is -0.723. The Kier molecular flexibility index (Phi) is 6.53. The van der Waals surface area contributed by atoms with Crippen molar-refractivity contribution in [3.05, 3.63) is 64.4 Å². The third-order valence-electron chi connectivity index (χ3n) is 3.60. The molecule has 0 fully saturated rings. The molecule has 0 unspecified atom stereocenters. The summed E-state index contributed by atoms with van der Waals surface area (Å²) in [6.45, 7) is 3.59. The minimum Gasteiger partial charge on any atom is -0.455 e. The topological polar surface area (TPSA) is 55.4 Å². The maximum absolute atomic E-state index is 13.6. The average Bonchev–Trinajstić information content (AvgIpc) is 2.57. The van der Waals surface area contributed by atoms with Crippen LogP contribution in [-0.2, 0) is 20.7 Å². The maximum atomic E-state index is 13.6. The summed E-state index contributed by atoms with van der Waals surface area (Å²) in [5.41, 5.74) is 1.72. The lowest BCUT2D eigenvalue weighted by molar-refractivity contribution is -0.146. The Morgan fingerprint density at radius 3 is 2.56 bits per heavy atom. The molecule has 1 N–H and O–H groups in total. The molecule has 2 aromatic carbocycles. The Morgan fingerprint density at radius 2 is 1.88 bits per heavy atom. The molecule has 1 amide bonds. The molecule has 0 bridgehead atoms. The van der Waals surface area contributed by atoms with Gasteiger partial charge in [0.25, 0.3) is 5.91 Å². The fraction of sp³-hybridized carbons (Fsp3) is 0.263. The van der Waals surface area contributed by atoms with E-state index in [1.165, 1.54) is 18.2 Å². The molecule has 0 aliphatic heterocycles. The molecule has 0 atom stereocenters. The van der Waals surface area contributed by atoms with E-state index in [2.05, 4.69) is 5.32 Å². The van der Waals surface area contributed by atoms with Crippen molar-refractivity contribution in [1.29, 1.82) is 0 Å². The molecule has 4 nitrogen and oxygen atoms in total. The van der Waals surface area contributed by atoms with Crippen molar-refractivity contribution in [3.63, 3.8) is 0 Å². The molecular formula is C19H19ClFNO3. The van der Waals surface area contributed by atoms with Gasteiger partial charge < -0.3 is 10.1 Å². The number of ether oxygens (including phenoxy) is 1. The molecule has 0 aromatic heterocycles. The third kappa shape index (κ3) is 5.29. The fourth-order valence-corrected chi connectivity index (χ4v) is 2.57. The van der Waals surface area contributed by atoms with Gasteiger partial charge in [-0.25, -0.2) is 4.39 Å². The molecular weight excluding hydrogens is 345 g/mol. The van der Waals surface area contributed by atoms with Crippen molar-refractivity contribution in [2.45, 2.75) is 26.2 Å². The number of rotatable bonds is 6. The highest BCUT2D eigenvalue weighted by Gasteiger charge is 2.15. The van der Waals surface area contributed by atoms with Crippen molar-refractivity contribution >= 4 is 29.2 Å². The highest BCUT2D eigenvalue weighted by atomic mass is 35.5. The van der Waals surface area contributed by atoms with Gasteiger partial charge >= 0.3 is 5.97 Å². The summed E-state index contributed by atoms with van der Waals surface area (Å²) in [7, 11) is 0. The van der Waals surface area contributed by atoms with Gasteiger partial charge in [-0.2, -0.15) is 0 Å². The molecule has 0 saturated carbocycles. The number of halogens is 2. The first-order valence-corrected chi connectivity index (χ1v) is 8.23. The van der Waals surface area contributed by atoms with E-state index < -0.39 is 24.3 Å². The van der Waals surface area contributed by atoms with Crippen LogP contribution in [0.2, 0.25) is 5.02 Å². The van der Waals surface area contributed by atoms with Gasteiger partial charge in [-0.05, 0) is 29.7 Å². The molecule has 0 spiro atoms. The third-order valence-corrected chi connectivity index (χ3v) is 3.96. The second-order valence-corrected chi connectivity index (χ2v) is 6.23. The average molecular weight is 364 g/mol. The summed E-state index contributed by atoms with van der Waals surface area (Å²) in [6.07, 6.45) is -0.332. The smallest absolute Gasteiger partial charge is 0.310 e. The van der Waals surface area contributed by atoms with E-state index in [0.717, 1.165) is 5.56 Å². The van der Waals surface area contributed by atoms with Gasteiger partial charge in [0.15, 0.2) is 6.61 Å². The summed E-state index contributed by atoms with van der Waals surface area (Å²) in [4.78, 5) is 23.8. The second kappa shape index (κ2) is 8.62. The van der Waals surface area contributed by atoms with Crippen molar-refractivity contribution in [1.82, 2.24) is 0 Å². The molecule has 2 aromatic rings. The van der Waals surface area contributed by atoms with Crippen molar-refractivity contribution in [3.8, 4) is 0 Å². The largest absolute Gasteiger partial charge is 0.455 e. The highest BCUT2D eigenvalue weighted by molar-refractivity contribution is 6.31. The summed E-state index contributed by atoms with van der Waals surface area (Å²) < 4.78 is 18.6. The summed E-state index contributed by atoms with van der Waals surface area (Å²) in [6, 6.07) is 11.6. The Bertz CT molecular complexity index is 757. The zero-order chi connectivity index (χ0) is 18.4. The molecule has 6 heteroatoms. The molecule has 0 heterocycles. The standard InChI is InChI=1S/C19H19ClFNO3/c1-12(2)13-6-3-4-9-17(13)22-18(23)11-25-19(24)10-14-15(20)7-5-8-16(14)21/h3-9,12H,10-11H2,1-2H3,(H,22,23). The second-order valence-electron chi connectivity index (χ2n) is 5.83. The van der Waals surface area contributed by atoms with Crippen LogP contribution in [0.3, 0.4) is 0 Å². The van der Waals surface area contributed by atoms with Gasteiger partial charge in [0.05, 0.1) is 6.42 Å². The number of carbonyl (C=O) groups excluding carboxylic acids is 2. The van der Waals surface area contributed by atoms with Gasteiger partial charge in [-0.15, -0.1) is 0 Å². The van der Waals surface area contributed by atoms with Crippen LogP contribution in [0.15, 0.2) is 42.5 Å². The quantitative estimate of drug-likeness (QED) is 0.777. The van der Waals surface area contributed by atoms with E-state index in [1.807, 2.05) is 32.0 Å². The number of nitrogens with one attached hydrogen (secondary N) is 1. The van der Waals surface area contributed by atoms with Crippen molar-refractivity contribution < 1.29 is 18.7 Å². The molecule has 0 aliphatic rings. The Balaban J connectivity index is 1.91. The van der Waals surface area contributed by atoms with Crippen molar-refractivity contribution in [2.75, 3.05) is 11.9 Å². The van der Waals surface area contributed by atoms with Crippen LogP contribution in [0, 0.1) is 5.82 Å². The SMILES string of the molecule is CC(C)c1ccccc1NC(=O)COC(=O)Cc1c(F)cccc1Cl. The minimum absolute atomic E-state index is 0.0553. The Hall–Kier alpha value is -2.40. The summed E-state index contributed by atoms with van der Waals surface area (Å²) in [5.74, 6) is -1.53. The number of benzene rings is 2. The van der Waals surface area contributed by atoms with E-state index in [4.69, 9.17) is 16.3 Å². The van der Waals surface area contributed by atoms with Crippen LogP contribution in [0.4, 0.5) is 10.1 Å². The monoisotopic (exact) mass is 363 g/mol. The predicted molar refractivity (Wildman–Crippen MR) is 95.2 cm³/mol. The molecule has 2 rings (SSSR count). The lowest BCUT2D eigenvalue weighted by Gasteiger charge is -2.13. The van der Waals surface area contributed by atoms with Crippen LogP contribution >= 0.6 is 11.6 Å². The number of esters is 1. The van der Waals surface area contributed by atoms with E-state index >= 15 is 0 Å². The first kappa shape index (κ1) is 18.9. The highest BCUT2D eigenvalue weighted by Crippen LogP contribution is 2.23. The Labute approximate surface area is 150 Å². The molecule has 25 heavy (non-hydrogen) atoms. The van der Waals surface area contributed by atoms with Gasteiger partial charge in [0.2, 0.25) is 0 Å². The maximum Gasteiger partial charge on any atom is 0.310 e. The van der Waals surface area contributed by atoms with Gasteiger partial charge in [0.1, 0.15) is 5.82 Å². The van der Waals surface area contributed by atoms with E-state index in [1.54, 1.807) is 6.07 Å². The number of anilines is 1. The van der Waals surface area contributed by atoms with Crippen LogP contribution < -0.4 is 5.32 Å². The van der Waals surface area contributed by atoms with Gasteiger partial charge in [-0.1, -0.05) is 49.7 Å². The number of hydrogen-bond donors (Lipinski definition) is 1. The van der Waals surface area contributed by atoms with Crippen LogP contribution in [-0.4, -0.2) is 18.5 Å². The summed E-state index contributed by atoms with van der Waals surface area (Å²) in [5, 5.41) is 2.86. The van der Waals surface area contributed by atoms with E-state index in [0.29, 0.717) is 5.69 Å². The van der Waals surface area contributed by atoms with Crippen LogP contribution in [0.5, 0.6) is 0 Å².